The monoisotopic (exact) mass is 289 g/mol. The lowest BCUT2D eigenvalue weighted by atomic mass is 9.36. The molecule has 16 heavy (non-hydrogen) atoms. The highest BCUT2D eigenvalue weighted by molar-refractivity contribution is 9.09. The molecule has 0 unspecified atom stereocenters. The Hall–Kier alpha value is -0.250. The summed E-state index contributed by atoms with van der Waals surface area (Å²) in [5.74, 6) is 0. The number of nitrogens with one attached hydrogen (secondary N) is 1. The van der Waals surface area contributed by atoms with Crippen molar-refractivity contribution in [3.63, 3.8) is 0 Å². The molecule has 1 amide bonds. The second kappa shape index (κ2) is 3.62. The Balaban J connectivity index is 1.69. The van der Waals surface area contributed by atoms with E-state index in [9.17, 15) is 4.79 Å². The molecule has 0 spiro atoms. The van der Waals surface area contributed by atoms with Gasteiger partial charge in [0.05, 0.1) is 0 Å². The summed E-state index contributed by atoms with van der Waals surface area (Å²) in [6.07, 6.45) is 3.47. The van der Waals surface area contributed by atoms with Gasteiger partial charge in [0.1, 0.15) is 5.60 Å². The highest BCUT2D eigenvalue weighted by atomic mass is 79.9. The van der Waals surface area contributed by atoms with E-state index in [1.54, 1.807) is 0 Å². The fourth-order valence-corrected chi connectivity index (χ4v) is 3.73. The molecule has 0 aromatic rings. The number of rotatable bonds is 3. The van der Waals surface area contributed by atoms with Gasteiger partial charge in [0.2, 0.25) is 0 Å². The number of alkyl carbamates (subject to hydrolysis) is 1. The van der Waals surface area contributed by atoms with Crippen LogP contribution >= 0.6 is 15.9 Å². The van der Waals surface area contributed by atoms with E-state index in [-0.39, 0.29) is 6.09 Å². The largest absolute Gasteiger partial charge is 0.444 e. The summed E-state index contributed by atoms with van der Waals surface area (Å²) in [5, 5.41) is 3.99. The maximum atomic E-state index is 11.5. The van der Waals surface area contributed by atoms with Crippen molar-refractivity contribution in [1.29, 1.82) is 0 Å². The molecule has 0 atom stereocenters. The quantitative estimate of drug-likeness (QED) is 0.811. The summed E-state index contributed by atoms with van der Waals surface area (Å²) in [6.45, 7) is 6.42. The third kappa shape index (κ3) is 2.22. The van der Waals surface area contributed by atoms with Crippen molar-refractivity contribution in [2.24, 2.45) is 10.8 Å². The van der Waals surface area contributed by atoms with Gasteiger partial charge in [-0.3, -0.25) is 0 Å². The van der Waals surface area contributed by atoms with Crippen molar-refractivity contribution in [2.75, 3.05) is 11.9 Å². The van der Waals surface area contributed by atoms with Gasteiger partial charge in [0, 0.05) is 11.9 Å². The van der Waals surface area contributed by atoms with Crippen LogP contribution in [-0.4, -0.2) is 23.6 Å². The molecule has 3 fully saturated rings. The Labute approximate surface area is 105 Å². The molecule has 3 nitrogen and oxygen atoms in total. The van der Waals surface area contributed by atoms with Gasteiger partial charge in [0.15, 0.2) is 0 Å². The van der Waals surface area contributed by atoms with Crippen LogP contribution in [0, 0.1) is 10.8 Å². The highest BCUT2D eigenvalue weighted by Gasteiger charge is 2.66. The zero-order valence-corrected chi connectivity index (χ0v) is 11.8. The van der Waals surface area contributed by atoms with Crippen LogP contribution in [0.2, 0.25) is 0 Å². The van der Waals surface area contributed by atoms with Crippen LogP contribution in [0.25, 0.3) is 0 Å². The Kier molecular flexibility index (Phi) is 2.76. The lowest BCUT2D eigenvalue weighted by molar-refractivity contribution is -0.181. The highest BCUT2D eigenvalue weighted by Crippen LogP contribution is 2.73. The second-order valence-corrected chi connectivity index (χ2v) is 7.08. The van der Waals surface area contributed by atoms with Crippen molar-refractivity contribution in [3.8, 4) is 0 Å². The van der Waals surface area contributed by atoms with E-state index < -0.39 is 5.60 Å². The molecular weight excluding hydrogens is 270 g/mol. The zero-order valence-electron chi connectivity index (χ0n) is 10.2. The zero-order chi connectivity index (χ0) is 12.0. The van der Waals surface area contributed by atoms with Gasteiger partial charge >= 0.3 is 6.09 Å². The van der Waals surface area contributed by atoms with Gasteiger partial charge in [0.25, 0.3) is 0 Å². The minimum atomic E-state index is -0.402. The number of hydrogen-bond acceptors (Lipinski definition) is 2. The maximum Gasteiger partial charge on any atom is 0.407 e. The molecular formula is C12H20BrNO2. The summed E-state index contributed by atoms with van der Waals surface area (Å²) < 4.78 is 5.21. The van der Waals surface area contributed by atoms with E-state index in [2.05, 4.69) is 21.2 Å². The number of hydrogen-bond donors (Lipinski definition) is 1. The molecule has 1 N–H and O–H groups in total. The Morgan fingerprint density at radius 2 is 1.88 bits per heavy atom. The first-order chi connectivity index (χ1) is 7.28. The smallest absolute Gasteiger partial charge is 0.407 e. The van der Waals surface area contributed by atoms with Crippen LogP contribution in [0.1, 0.15) is 40.0 Å². The molecule has 2 bridgehead atoms. The van der Waals surface area contributed by atoms with Gasteiger partial charge in [-0.2, -0.15) is 0 Å². The maximum absolute atomic E-state index is 11.5. The summed E-state index contributed by atoms with van der Waals surface area (Å²) >= 11 is 3.55. The Morgan fingerprint density at radius 1 is 1.31 bits per heavy atom. The lowest BCUT2D eigenvalue weighted by Crippen LogP contribution is -2.66. The number of amides is 1. The molecule has 92 valence electrons. The van der Waals surface area contributed by atoms with Crippen molar-refractivity contribution in [2.45, 2.75) is 45.6 Å². The van der Waals surface area contributed by atoms with E-state index >= 15 is 0 Å². The fraction of sp³-hybridized carbons (Fsp3) is 0.917. The van der Waals surface area contributed by atoms with Gasteiger partial charge < -0.3 is 10.1 Å². The van der Waals surface area contributed by atoms with E-state index in [1.165, 1.54) is 19.3 Å². The number of alkyl halides is 1. The van der Waals surface area contributed by atoms with E-state index in [4.69, 9.17) is 4.74 Å². The summed E-state index contributed by atoms with van der Waals surface area (Å²) in [7, 11) is 0. The Morgan fingerprint density at radius 3 is 2.31 bits per heavy atom. The topological polar surface area (TPSA) is 38.3 Å². The number of carbonyl (C=O) groups is 1. The minimum Gasteiger partial charge on any atom is -0.444 e. The number of ether oxygens (including phenoxy) is 1. The molecule has 0 radical (unpaired) electrons. The number of carbonyl (C=O) groups excluding carboxylic acids is 1. The SMILES string of the molecule is CC(C)(C)OC(=O)NCC12CC(CBr)(C1)C2. The van der Waals surface area contributed by atoms with Gasteiger partial charge in [-0.05, 0) is 50.9 Å². The molecule has 0 heterocycles. The summed E-state index contributed by atoms with van der Waals surface area (Å²) in [6, 6.07) is 0. The lowest BCUT2D eigenvalue weighted by Gasteiger charge is -2.70. The van der Waals surface area contributed by atoms with Gasteiger partial charge in [-0.25, -0.2) is 4.79 Å². The van der Waals surface area contributed by atoms with Crippen molar-refractivity contribution >= 4 is 22.0 Å². The molecule has 0 aromatic carbocycles. The van der Waals surface area contributed by atoms with Crippen molar-refractivity contribution in [1.82, 2.24) is 5.32 Å². The predicted octanol–water partition coefficient (Wildman–Crippen LogP) is 3.08. The molecule has 4 heteroatoms. The standard InChI is InChI=1S/C12H20BrNO2/c1-10(2,3)16-9(15)14-8-12-4-11(5-12,6-12)7-13/h4-8H2,1-3H3,(H,14,15). The van der Waals surface area contributed by atoms with Crippen LogP contribution < -0.4 is 5.32 Å². The third-order valence-corrected chi connectivity index (χ3v) is 4.73. The molecule has 3 rings (SSSR count). The third-order valence-electron chi connectivity index (χ3n) is 3.54. The average Bonchev–Trinajstić information content (AvgIpc) is 1.96. The molecule has 3 saturated carbocycles. The van der Waals surface area contributed by atoms with Crippen LogP contribution in [-0.2, 0) is 4.74 Å². The van der Waals surface area contributed by atoms with Crippen LogP contribution in [0.3, 0.4) is 0 Å². The van der Waals surface area contributed by atoms with E-state index in [0.29, 0.717) is 10.8 Å². The number of halogens is 1. The van der Waals surface area contributed by atoms with E-state index in [1.807, 2.05) is 20.8 Å². The molecule has 0 aliphatic heterocycles. The van der Waals surface area contributed by atoms with Gasteiger partial charge in [-0.1, -0.05) is 15.9 Å². The fourth-order valence-electron chi connectivity index (χ4n) is 3.13. The van der Waals surface area contributed by atoms with Crippen molar-refractivity contribution < 1.29 is 9.53 Å². The summed E-state index contributed by atoms with van der Waals surface area (Å²) in [4.78, 5) is 11.5. The summed E-state index contributed by atoms with van der Waals surface area (Å²) in [5.41, 5.74) is 0.556. The van der Waals surface area contributed by atoms with Crippen LogP contribution in [0.15, 0.2) is 0 Å². The predicted molar refractivity (Wildman–Crippen MR) is 66.7 cm³/mol. The second-order valence-electron chi connectivity index (χ2n) is 6.52. The first kappa shape index (κ1) is 12.2. The van der Waals surface area contributed by atoms with Crippen LogP contribution in [0.4, 0.5) is 4.79 Å². The Bertz CT molecular complexity index is 289. The minimum absolute atomic E-state index is 0.287. The normalized spacial score (nSPS) is 36.0. The van der Waals surface area contributed by atoms with E-state index in [0.717, 1.165) is 11.9 Å². The molecule has 3 aliphatic rings. The first-order valence-electron chi connectivity index (χ1n) is 5.81. The van der Waals surface area contributed by atoms with Crippen molar-refractivity contribution in [3.05, 3.63) is 0 Å². The average molecular weight is 290 g/mol. The molecule has 3 aliphatic carbocycles. The first-order valence-corrected chi connectivity index (χ1v) is 6.93. The van der Waals surface area contributed by atoms with Gasteiger partial charge in [-0.15, -0.1) is 0 Å². The molecule has 0 aromatic heterocycles. The molecule has 0 saturated heterocycles. The van der Waals surface area contributed by atoms with Crippen LogP contribution in [0.5, 0.6) is 0 Å².